The standard InChI is InChI=1S/C17H21F3N4OS/c1-9-4-12(5-10(2)22-9)15-13(6-21)23-16(26-15)24-7-11(3)25-14(8-24)17(18,19)20/h4-5,11,14H,6-8,21H2,1-3H3. The van der Waals surface area contributed by atoms with Crippen LogP contribution in [0, 0.1) is 13.8 Å². The van der Waals surface area contributed by atoms with E-state index in [1.54, 1.807) is 11.8 Å². The first-order valence-corrected chi connectivity index (χ1v) is 9.11. The van der Waals surface area contributed by atoms with Crippen molar-refractivity contribution < 1.29 is 17.9 Å². The summed E-state index contributed by atoms with van der Waals surface area (Å²) in [6, 6.07) is 3.87. The maximum atomic E-state index is 13.1. The van der Waals surface area contributed by atoms with Gasteiger partial charge in [-0.25, -0.2) is 4.98 Å². The van der Waals surface area contributed by atoms with E-state index in [0.29, 0.717) is 17.4 Å². The highest BCUT2D eigenvalue weighted by molar-refractivity contribution is 7.19. The third-order valence-electron chi connectivity index (χ3n) is 4.12. The van der Waals surface area contributed by atoms with Gasteiger partial charge in [-0.15, -0.1) is 0 Å². The van der Waals surface area contributed by atoms with E-state index in [9.17, 15) is 13.2 Å². The number of pyridine rings is 1. The predicted octanol–water partition coefficient (Wildman–Crippen LogP) is 3.44. The Balaban J connectivity index is 1.95. The molecular formula is C17H21F3N4OS. The lowest BCUT2D eigenvalue weighted by Gasteiger charge is -2.37. The average molecular weight is 386 g/mol. The topological polar surface area (TPSA) is 64.3 Å². The number of aromatic nitrogens is 2. The number of ether oxygens (including phenoxy) is 1. The monoisotopic (exact) mass is 386 g/mol. The van der Waals surface area contributed by atoms with E-state index in [-0.39, 0.29) is 13.1 Å². The minimum Gasteiger partial charge on any atom is -0.362 e. The highest BCUT2D eigenvalue weighted by atomic mass is 32.1. The molecule has 1 aliphatic heterocycles. The minimum absolute atomic E-state index is 0.217. The van der Waals surface area contributed by atoms with Crippen molar-refractivity contribution in [1.82, 2.24) is 9.97 Å². The summed E-state index contributed by atoms with van der Waals surface area (Å²) in [6.07, 6.45) is -6.75. The Morgan fingerprint density at radius 2 is 1.88 bits per heavy atom. The third-order valence-corrected chi connectivity index (χ3v) is 5.33. The van der Waals surface area contributed by atoms with Gasteiger partial charge in [0.05, 0.1) is 23.2 Å². The van der Waals surface area contributed by atoms with E-state index in [4.69, 9.17) is 10.5 Å². The highest BCUT2D eigenvalue weighted by Gasteiger charge is 2.45. The molecule has 0 saturated carbocycles. The zero-order chi connectivity index (χ0) is 19.1. The highest BCUT2D eigenvalue weighted by Crippen LogP contribution is 2.37. The summed E-state index contributed by atoms with van der Waals surface area (Å²) in [4.78, 5) is 11.4. The van der Waals surface area contributed by atoms with Gasteiger partial charge in [-0.1, -0.05) is 11.3 Å². The summed E-state index contributed by atoms with van der Waals surface area (Å²) in [6.45, 7) is 5.75. The molecule has 26 heavy (non-hydrogen) atoms. The summed E-state index contributed by atoms with van der Waals surface area (Å²) < 4.78 is 44.4. The number of aryl methyl sites for hydroxylation is 2. The van der Waals surface area contributed by atoms with Crippen molar-refractivity contribution in [1.29, 1.82) is 0 Å². The summed E-state index contributed by atoms with van der Waals surface area (Å²) in [5.41, 5.74) is 9.19. The Bertz CT molecular complexity index is 773. The smallest absolute Gasteiger partial charge is 0.362 e. The molecule has 5 nitrogen and oxygen atoms in total. The van der Waals surface area contributed by atoms with Gasteiger partial charge in [-0.3, -0.25) is 4.98 Å². The fourth-order valence-corrected chi connectivity index (χ4v) is 4.19. The average Bonchev–Trinajstić information content (AvgIpc) is 2.97. The number of nitrogens with zero attached hydrogens (tertiary/aromatic N) is 3. The van der Waals surface area contributed by atoms with Crippen LogP contribution in [-0.4, -0.2) is 41.4 Å². The molecule has 0 aromatic carbocycles. The lowest BCUT2D eigenvalue weighted by Crippen LogP contribution is -2.52. The first-order valence-electron chi connectivity index (χ1n) is 8.30. The number of nitrogens with two attached hydrogens (primary N) is 1. The Kier molecular flexibility index (Phi) is 5.23. The molecule has 1 fully saturated rings. The second-order valence-electron chi connectivity index (χ2n) is 6.50. The Morgan fingerprint density at radius 3 is 2.46 bits per heavy atom. The van der Waals surface area contributed by atoms with Gasteiger partial charge in [0, 0.05) is 24.5 Å². The van der Waals surface area contributed by atoms with E-state index >= 15 is 0 Å². The molecule has 0 bridgehead atoms. The molecule has 3 heterocycles. The molecule has 0 radical (unpaired) electrons. The molecule has 2 unspecified atom stereocenters. The van der Waals surface area contributed by atoms with E-state index in [2.05, 4.69) is 9.97 Å². The number of anilines is 1. The van der Waals surface area contributed by atoms with E-state index in [1.165, 1.54) is 11.3 Å². The molecule has 1 saturated heterocycles. The number of hydrogen-bond acceptors (Lipinski definition) is 6. The molecule has 2 aromatic heterocycles. The molecular weight excluding hydrogens is 365 g/mol. The van der Waals surface area contributed by atoms with Crippen molar-refractivity contribution >= 4 is 16.5 Å². The Morgan fingerprint density at radius 1 is 1.23 bits per heavy atom. The van der Waals surface area contributed by atoms with Gasteiger partial charge in [0.15, 0.2) is 11.2 Å². The third kappa shape index (κ3) is 3.99. The number of rotatable bonds is 3. The van der Waals surface area contributed by atoms with Crippen LogP contribution in [0.25, 0.3) is 10.4 Å². The fourth-order valence-electron chi connectivity index (χ4n) is 3.09. The van der Waals surface area contributed by atoms with Crippen LogP contribution in [0.3, 0.4) is 0 Å². The van der Waals surface area contributed by atoms with Crippen molar-refractivity contribution in [2.24, 2.45) is 5.73 Å². The summed E-state index contributed by atoms with van der Waals surface area (Å²) >= 11 is 1.36. The molecule has 0 amide bonds. The number of thiazole rings is 1. The Hall–Kier alpha value is -1.71. The van der Waals surface area contributed by atoms with Crippen LogP contribution in [0.15, 0.2) is 12.1 Å². The Labute approximate surface area is 154 Å². The maximum Gasteiger partial charge on any atom is 0.416 e. The maximum absolute atomic E-state index is 13.1. The van der Waals surface area contributed by atoms with Gasteiger partial charge in [-0.2, -0.15) is 13.2 Å². The molecule has 142 valence electrons. The van der Waals surface area contributed by atoms with Crippen molar-refractivity contribution in [3.05, 3.63) is 29.2 Å². The second kappa shape index (κ2) is 7.13. The minimum atomic E-state index is -4.40. The number of hydrogen-bond donors (Lipinski definition) is 1. The molecule has 2 N–H and O–H groups in total. The molecule has 9 heteroatoms. The first kappa shape index (κ1) is 19.1. The van der Waals surface area contributed by atoms with Crippen molar-refractivity contribution in [3.63, 3.8) is 0 Å². The zero-order valence-electron chi connectivity index (χ0n) is 14.8. The van der Waals surface area contributed by atoms with E-state index < -0.39 is 18.4 Å². The molecule has 2 aromatic rings. The van der Waals surface area contributed by atoms with Crippen LogP contribution in [0.2, 0.25) is 0 Å². The number of alkyl halides is 3. The first-order chi connectivity index (χ1) is 12.2. The molecule has 0 spiro atoms. The summed E-state index contributed by atoms with van der Waals surface area (Å²) in [7, 11) is 0. The van der Waals surface area contributed by atoms with Crippen molar-refractivity contribution in [2.45, 2.75) is 45.7 Å². The second-order valence-corrected chi connectivity index (χ2v) is 7.47. The van der Waals surface area contributed by atoms with Gasteiger partial charge in [0.1, 0.15) is 0 Å². The largest absolute Gasteiger partial charge is 0.416 e. The van der Waals surface area contributed by atoms with Crippen LogP contribution >= 0.6 is 11.3 Å². The van der Waals surface area contributed by atoms with Crippen LogP contribution in [0.1, 0.15) is 24.0 Å². The molecule has 3 rings (SSSR count). The van der Waals surface area contributed by atoms with Crippen LogP contribution in [0.5, 0.6) is 0 Å². The normalized spacial score (nSPS) is 21.3. The van der Waals surface area contributed by atoms with Gasteiger partial charge in [-0.05, 0) is 38.5 Å². The zero-order valence-corrected chi connectivity index (χ0v) is 15.6. The van der Waals surface area contributed by atoms with E-state index in [0.717, 1.165) is 21.8 Å². The van der Waals surface area contributed by atoms with Crippen molar-refractivity contribution in [2.75, 3.05) is 18.0 Å². The van der Waals surface area contributed by atoms with Gasteiger partial charge >= 0.3 is 6.18 Å². The number of morpholine rings is 1. The SMILES string of the molecule is Cc1cc(-c2sc(N3CC(C)OC(C(F)(F)F)C3)nc2CN)cc(C)n1. The van der Waals surface area contributed by atoms with Gasteiger partial charge < -0.3 is 15.4 Å². The van der Waals surface area contributed by atoms with Gasteiger partial charge in [0.2, 0.25) is 0 Å². The number of halogens is 3. The fraction of sp³-hybridized carbons (Fsp3) is 0.529. The summed E-state index contributed by atoms with van der Waals surface area (Å²) in [5, 5.41) is 0.539. The summed E-state index contributed by atoms with van der Waals surface area (Å²) in [5.74, 6) is 0. The predicted molar refractivity (Wildman–Crippen MR) is 95.3 cm³/mol. The van der Waals surface area contributed by atoms with Crippen LogP contribution < -0.4 is 10.6 Å². The quantitative estimate of drug-likeness (QED) is 0.876. The lowest BCUT2D eigenvalue weighted by molar-refractivity contribution is -0.233. The van der Waals surface area contributed by atoms with Crippen LogP contribution in [0.4, 0.5) is 18.3 Å². The van der Waals surface area contributed by atoms with Gasteiger partial charge in [0.25, 0.3) is 0 Å². The lowest BCUT2D eigenvalue weighted by atomic mass is 10.1. The van der Waals surface area contributed by atoms with Crippen LogP contribution in [-0.2, 0) is 11.3 Å². The molecule has 1 aliphatic rings. The molecule has 0 aliphatic carbocycles. The molecule has 2 atom stereocenters. The van der Waals surface area contributed by atoms with E-state index in [1.807, 2.05) is 26.0 Å². The van der Waals surface area contributed by atoms with Crippen molar-refractivity contribution in [3.8, 4) is 10.4 Å².